The number of oxazole rings is 1. The highest BCUT2D eigenvalue weighted by Gasteiger charge is 2.69. The molecule has 0 aliphatic heterocycles. The summed E-state index contributed by atoms with van der Waals surface area (Å²) in [6.45, 7) is 0. The largest absolute Gasteiger partial charge is 0.440 e. The maximum Gasteiger partial charge on any atom is 0.416 e. The van der Waals surface area contributed by atoms with Crippen molar-refractivity contribution in [1.82, 2.24) is 4.98 Å². The normalized spacial score (nSPS) is 33.1. The van der Waals surface area contributed by atoms with Crippen molar-refractivity contribution in [2.45, 2.75) is 36.4 Å². The topological polar surface area (TPSA) is 52.0 Å². The summed E-state index contributed by atoms with van der Waals surface area (Å²) in [5.74, 6) is 0.536. The van der Waals surface area contributed by atoms with E-state index in [1.807, 2.05) is 0 Å². The number of hydrogen-bond acceptors (Lipinski definition) is 3. The molecule has 0 radical (unpaired) electrons. The van der Waals surface area contributed by atoms with E-state index < -0.39 is 11.7 Å². The number of fused-ring (bicyclic) bond motifs is 1. The van der Waals surface area contributed by atoms with E-state index in [0.717, 1.165) is 31.4 Å². The van der Waals surface area contributed by atoms with E-state index in [2.05, 4.69) is 4.98 Å². The number of hydrogen-bond donors (Lipinski definition) is 1. The van der Waals surface area contributed by atoms with Crippen LogP contribution in [0.25, 0.3) is 11.1 Å². The number of benzene rings is 1. The molecule has 1 heterocycles. The van der Waals surface area contributed by atoms with Crippen molar-refractivity contribution in [3.8, 4) is 0 Å². The predicted molar refractivity (Wildman–Crippen MR) is 61.5 cm³/mol. The minimum absolute atomic E-state index is 0.0855. The van der Waals surface area contributed by atoms with Crippen molar-refractivity contribution < 1.29 is 17.6 Å². The molecular formula is C13H11F3N2O. The van der Waals surface area contributed by atoms with E-state index in [1.54, 1.807) is 0 Å². The van der Waals surface area contributed by atoms with E-state index in [-0.39, 0.29) is 16.5 Å². The first-order valence-electron chi connectivity index (χ1n) is 6.07. The Hall–Kier alpha value is -1.56. The molecule has 19 heavy (non-hydrogen) atoms. The Morgan fingerprint density at radius 3 is 2.47 bits per heavy atom. The fraction of sp³-hybridized carbons (Fsp3) is 0.462. The van der Waals surface area contributed by atoms with Gasteiger partial charge in [0.2, 0.25) is 5.89 Å². The Morgan fingerprint density at radius 1 is 1.21 bits per heavy atom. The molecule has 2 N–H and O–H groups in total. The lowest BCUT2D eigenvalue weighted by atomic mass is 9.40. The Kier molecular flexibility index (Phi) is 1.75. The zero-order valence-electron chi connectivity index (χ0n) is 9.92. The number of alkyl halides is 3. The zero-order valence-corrected chi connectivity index (χ0v) is 9.92. The van der Waals surface area contributed by atoms with Crippen molar-refractivity contribution in [3.05, 3.63) is 29.7 Å². The van der Waals surface area contributed by atoms with Crippen LogP contribution in [0, 0.1) is 0 Å². The van der Waals surface area contributed by atoms with Crippen molar-refractivity contribution in [1.29, 1.82) is 0 Å². The Bertz CT molecular complexity index is 669. The van der Waals surface area contributed by atoms with Crippen LogP contribution in [0.4, 0.5) is 13.2 Å². The Balaban J connectivity index is 1.76. The van der Waals surface area contributed by atoms with Gasteiger partial charge in [0.05, 0.1) is 11.0 Å². The lowest BCUT2D eigenvalue weighted by Gasteiger charge is -2.67. The SMILES string of the molecule is NC12CC(c3nc4cc(C(F)(F)F)ccc4o3)(C1)C2. The van der Waals surface area contributed by atoms with Gasteiger partial charge in [-0.1, -0.05) is 0 Å². The van der Waals surface area contributed by atoms with Gasteiger partial charge >= 0.3 is 6.18 Å². The van der Waals surface area contributed by atoms with Gasteiger partial charge in [0, 0.05) is 5.54 Å². The summed E-state index contributed by atoms with van der Waals surface area (Å²) in [6, 6.07) is 3.38. The molecule has 3 fully saturated rings. The summed E-state index contributed by atoms with van der Waals surface area (Å²) in [7, 11) is 0. The number of aromatic nitrogens is 1. The van der Waals surface area contributed by atoms with Crippen LogP contribution in [0.5, 0.6) is 0 Å². The van der Waals surface area contributed by atoms with Gasteiger partial charge in [0.15, 0.2) is 5.58 Å². The van der Waals surface area contributed by atoms with Crippen molar-refractivity contribution in [3.63, 3.8) is 0 Å². The average Bonchev–Trinajstić information content (AvgIpc) is 2.64. The third-order valence-corrected chi connectivity index (χ3v) is 4.24. The third kappa shape index (κ3) is 1.40. The Labute approximate surface area is 106 Å². The standard InChI is InChI=1S/C13H11F3N2O/c14-13(15,16)7-1-2-9-8(3-7)18-10(19-9)11-4-12(17,5-11)6-11/h1-3H,4-6,17H2. The van der Waals surface area contributed by atoms with Gasteiger partial charge < -0.3 is 10.2 Å². The molecule has 3 saturated carbocycles. The minimum atomic E-state index is -4.36. The van der Waals surface area contributed by atoms with Crippen LogP contribution < -0.4 is 5.73 Å². The average molecular weight is 268 g/mol. The molecule has 0 unspecified atom stereocenters. The fourth-order valence-electron chi connectivity index (χ4n) is 3.42. The van der Waals surface area contributed by atoms with Gasteiger partial charge in [0.25, 0.3) is 0 Å². The van der Waals surface area contributed by atoms with Gasteiger partial charge in [-0.05, 0) is 37.5 Å². The molecule has 6 heteroatoms. The number of rotatable bonds is 1. The second-order valence-electron chi connectivity index (χ2n) is 5.87. The van der Waals surface area contributed by atoms with Crippen LogP contribution in [-0.4, -0.2) is 10.5 Å². The molecule has 0 amide bonds. The highest BCUT2D eigenvalue weighted by atomic mass is 19.4. The first-order valence-corrected chi connectivity index (χ1v) is 6.07. The third-order valence-electron chi connectivity index (χ3n) is 4.24. The smallest absolute Gasteiger partial charge is 0.416 e. The quantitative estimate of drug-likeness (QED) is 0.865. The molecule has 0 spiro atoms. The van der Waals surface area contributed by atoms with Crippen LogP contribution in [-0.2, 0) is 11.6 Å². The fourth-order valence-corrected chi connectivity index (χ4v) is 3.42. The lowest BCUT2D eigenvalue weighted by Crippen LogP contribution is -2.74. The van der Waals surface area contributed by atoms with Gasteiger partial charge in [-0.2, -0.15) is 13.2 Å². The molecule has 3 aliphatic carbocycles. The molecular weight excluding hydrogens is 257 g/mol. The van der Waals surface area contributed by atoms with Gasteiger partial charge in [-0.15, -0.1) is 0 Å². The van der Waals surface area contributed by atoms with E-state index in [4.69, 9.17) is 10.2 Å². The molecule has 3 aliphatic rings. The second kappa shape index (κ2) is 2.95. The van der Waals surface area contributed by atoms with E-state index in [9.17, 15) is 13.2 Å². The summed E-state index contributed by atoms with van der Waals surface area (Å²) in [6.07, 6.45) is -1.90. The van der Waals surface area contributed by atoms with Crippen LogP contribution in [0.1, 0.15) is 30.7 Å². The monoisotopic (exact) mass is 268 g/mol. The van der Waals surface area contributed by atoms with Crippen LogP contribution in [0.3, 0.4) is 0 Å². The van der Waals surface area contributed by atoms with Gasteiger partial charge in [-0.25, -0.2) is 4.98 Å². The van der Waals surface area contributed by atoms with E-state index in [0.29, 0.717) is 11.5 Å². The maximum absolute atomic E-state index is 12.6. The summed E-state index contributed by atoms with van der Waals surface area (Å²) < 4.78 is 43.4. The zero-order chi connectivity index (χ0) is 13.5. The second-order valence-corrected chi connectivity index (χ2v) is 5.87. The van der Waals surface area contributed by atoms with Crippen molar-refractivity contribution in [2.24, 2.45) is 5.73 Å². The highest BCUT2D eigenvalue weighted by molar-refractivity contribution is 5.74. The molecule has 100 valence electrons. The van der Waals surface area contributed by atoms with Crippen LogP contribution in [0.15, 0.2) is 22.6 Å². The molecule has 1 aromatic heterocycles. The molecule has 0 atom stereocenters. The molecule has 3 nitrogen and oxygen atoms in total. The van der Waals surface area contributed by atoms with Gasteiger partial charge in [-0.3, -0.25) is 0 Å². The number of nitrogens with two attached hydrogens (primary N) is 1. The lowest BCUT2D eigenvalue weighted by molar-refractivity contribution is -0.137. The number of halogens is 3. The number of nitrogens with zero attached hydrogens (tertiary/aromatic N) is 1. The first kappa shape index (κ1) is 11.3. The molecule has 2 aromatic rings. The van der Waals surface area contributed by atoms with E-state index in [1.165, 1.54) is 6.07 Å². The summed E-state index contributed by atoms with van der Waals surface area (Å²) in [4.78, 5) is 4.23. The highest BCUT2D eigenvalue weighted by Crippen LogP contribution is 2.66. The Morgan fingerprint density at radius 2 is 1.89 bits per heavy atom. The first-order chi connectivity index (χ1) is 8.80. The van der Waals surface area contributed by atoms with Crippen molar-refractivity contribution in [2.75, 3.05) is 0 Å². The molecule has 0 saturated heterocycles. The van der Waals surface area contributed by atoms with Crippen LogP contribution >= 0.6 is 0 Å². The maximum atomic E-state index is 12.6. The van der Waals surface area contributed by atoms with Gasteiger partial charge in [0.1, 0.15) is 5.52 Å². The van der Waals surface area contributed by atoms with E-state index >= 15 is 0 Å². The molecule has 1 aromatic carbocycles. The predicted octanol–water partition coefficient (Wildman–Crippen LogP) is 2.98. The molecule has 2 bridgehead atoms. The minimum Gasteiger partial charge on any atom is -0.440 e. The van der Waals surface area contributed by atoms with Crippen LogP contribution in [0.2, 0.25) is 0 Å². The summed E-state index contributed by atoms with van der Waals surface area (Å²) in [5.41, 5.74) is 5.73. The summed E-state index contributed by atoms with van der Waals surface area (Å²) in [5, 5.41) is 0. The molecule has 5 rings (SSSR count). The summed E-state index contributed by atoms with van der Waals surface area (Å²) >= 11 is 0. The van der Waals surface area contributed by atoms with Crippen molar-refractivity contribution >= 4 is 11.1 Å².